The smallest absolute Gasteiger partial charge is 0.408 e. The van der Waals surface area contributed by atoms with Crippen molar-refractivity contribution in [1.29, 1.82) is 0 Å². The quantitative estimate of drug-likeness (QED) is 0.187. The highest BCUT2D eigenvalue weighted by Crippen LogP contribution is 2.48. The number of carbonyl (C=O) groups is 4. The van der Waals surface area contributed by atoms with E-state index in [9.17, 15) is 31.8 Å². The van der Waals surface area contributed by atoms with Gasteiger partial charge in [-0.3, -0.25) is 23.3 Å². The molecular formula is C42H60N4O8S2. The van der Waals surface area contributed by atoms with Crippen molar-refractivity contribution in [2.75, 3.05) is 12.3 Å². The zero-order valence-electron chi connectivity index (χ0n) is 33.8. The van der Waals surface area contributed by atoms with Crippen LogP contribution in [0.1, 0.15) is 99.0 Å². The molecule has 3 N–H and O–H groups in total. The monoisotopic (exact) mass is 812 g/mol. The van der Waals surface area contributed by atoms with Gasteiger partial charge >= 0.3 is 6.09 Å². The lowest BCUT2D eigenvalue weighted by atomic mass is 9.82. The number of rotatable bonds is 16. The molecule has 1 aromatic carbocycles. The summed E-state index contributed by atoms with van der Waals surface area (Å²) in [6, 6.07) is 7.57. The van der Waals surface area contributed by atoms with Crippen LogP contribution in [0.25, 0.3) is 5.57 Å². The average Bonchev–Trinajstić information content (AvgIpc) is 4.09. The Balaban J connectivity index is 1.53. The van der Waals surface area contributed by atoms with Crippen LogP contribution in [0.3, 0.4) is 0 Å². The third kappa shape index (κ3) is 9.33. The molecule has 1 heterocycles. The minimum Gasteiger partial charge on any atom is -0.446 e. The molecule has 4 aliphatic rings. The molecule has 0 spiro atoms. The van der Waals surface area contributed by atoms with Gasteiger partial charge in [-0.2, -0.15) is 0 Å². The summed E-state index contributed by atoms with van der Waals surface area (Å²) in [5.74, 6) is -2.54. The van der Waals surface area contributed by atoms with Gasteiger partial charge in [0, 0.05) is 29.0 Å². The second-order valence-electron chi connectivity index (χ2n) is 17.4. The van der Waals surface area contributed by atoms with Crippen molar-refractivity contribution >= 4 is 50.2 Å². The van der Waals surface area contributed by atoms with Gasteiger partial charge in [-0.15, -0.1) is 6.58 Å². The minimum atomic E-state index is -3.93. The van der Waals surface area contributed by atoms with Crippen molar-refractivity contribution < 1.29 is 36.5 Å². The Kier molecular flexibility index (Phi) is 13.1. The van der Waals surface area contributed by atoms with Gasteiger partial charge in [0.05, 0.1) is 10.00 Å². The van der Waals surface area contributed by atoms with Gasteiger partial charge in [0.25, 0.3) is 5.91 Å². The predicted molar refractivity (Wildman–Crippen MR) is 219 cm³/mol. The van der Waals surface area contributed by atoms with E-state index in [1.165, 1.54) is 11.0 Å². The van der Waals surface area contributed by atoms with Crippen LogP contribution in [0, 0.1) is 23.2 Å². The molecule has 1 aliphatic heterocycles. The lowest BCUT2D eigenvalue weighted by Gasteiger charge is -2.38. The summed E-state index contributed by atoms with van der Waals surface area (Å²) in [5, 5.41) is 4.99. The molecular weight excluding hydrogens is 753 g/mol. The second kappa shape index (κ2) is 17.0. The molecule has 5 rings (SSSR count). The van der Waals surface area contributed by atoms with Crippen molar-refractivity contribution in [3.8, 4) is 0 Å². The molecule has 1 aromatic rings. The van der Waals surface area contributed by atoms with Crippen LogP contribution in [-0.2, 0) is 39.9 Å². The van der Waals surface area contributed by atoms with E-state index in [0.717, 1.165) is 17.6 Å². The van der Waals surface area contributed by atoms with Crippen molar-refractivity contribution in [2.45, 2.75) is 127 Å². The minimum absolute atomic E-state index is 0.0208. The fraction of sp³-hybridized carbons (Fsp3) is 0.619. The van der Waals surface area contributed by atoms with E-state index < -0.39 is 89.7 Å². The molecule has 12 nitrogen and oxygen atoms in total. The summed E-state index contributed by atoms with van der Waals surface area (Å²) >= 11 is 0. The van der Waals surface area contributed by atoms with Gasteiger partial charge in [0.1, 0.15) is 23.7 Å². The first-order valence-electron chi connectivity index (χ1n) is 19.9. The first kappa shape index (κ1) is 43.3. The Morgan fingerprint density at radius 1 is 1.09 bits per heavy atom. The number of amides is 4. The molecule has 4 amide bonds. The zero-order valence-corrected chi connectivity index (χ0v) is 35.5. The number of alkyl carbamates (subject to hydrolysis) is 1. The molecule has 8 atom stereocenters. The van der Waals surface area contributed by atoms with Crippen LogP contribution >= 0.6 is 0 Å². The highest BCUT2D eigenvalue weighted by atomic mass is 32.2. The molecule has 0 radical (unpaired) electrons. The van der Waals surface area contributed by atoms with Crippen molar-refractivity contribution in [3.05, 3.63) is 66.8 Å². The first-order chi connectivity index (χ1) is 26.3. The number of allylic oxidation sites excluding steroid dienone is 4. The summed E-state index contributed by atoms with van der Waals surface area (Å²) in [4.78, 5) is 58.1. The Morgan fingerprint density at radius 3 is 2.30 bits per heavy atom. The average molecular weight is 813 g/mol. The van der Waals surface area contributed by atoms with E-state index in [4.69, 9.17) is 4.74 Å². The van der Waals surface area contributed by atoms with Crippen LogP contribution in [0.2, 0.25) is 0 Å². The molecule has 0 aromatic heterocycles. The normalized spacial score (nSPS) is 27.8. The van der Waals surface area contributed by atoms with Crippen molar-refractivity contribution in [1.82, 2.24) is 20.3 Å². The molecule has 308 valence electrons. The maximum atomic E-state index is 15.0. The third-order valence-corrected chi connectivity index (χ3v) is 15.8. The highest BCUT2D eigenvalue weighted by molar-refractivity contribution is 7.91. The maximum absolute atomic E-state index is 15.0. The zero-order chi connectivity index (χ0) is 41.2. The number of hydrogen-bond acceptors (Lipinski definition) is 8. The van der Waals surface area contributed by atoms with Gasteiger partial charge in [-0.1, -0.05) is 103 Å². The summed E-state index contributed by atoms with van der Waals surface area (Å²) < 4.78 is 47.1. The number of sulfonamides is 1. The highest BCUT2D eigenvalue weighted by Gasteiger charge is 2.63. The first-order valence-corrected chi connectivity index (χ1v) is 22.8. The fourth-order valence-corrected chi connectivity index (χ4v) is 11.1. The number of nitrogens with one attached hydrogen (secondary N) is 3. The second-order valence-corrected chi connectivity index (χ2v) is 21.2. The van der Waals surface area contributed by atoms with E-state index >= 15 is 0 Å². The van der Waals surface area contributed by atoms with E-state index in [-0.39, 0.29) is 31.2 Å². The molecule has 1 saturated heterocycles. The van der Waals surface area contributed by atoms with Crippen LogP contribution in [0.15, 0.2) is 61.2 Å². The topological polar surface area (TPSA) is 168 Å². The van der Waals surface area contributed by atoms with E-state index in [0.29, 0.717) is 31.4 Å². The number of unbranched alkanes of at least 4 members (excludes halogenated alkanes) is 1. The van der Waals surface area contributed by atoms with Crippen LogP contribution in [-0.4, -0.2) is 87.4 Å². The molecule has 0 bridgehead atoms. The third-order valence-electron chi connectivity index (χ3n) is 11.8. The predicted octanol–water partition coefficient (Wildman–Crippen LogP) is 5.39. The standard InChI is InChI=1S/C42H60N4O8S2/c1-9-11-23-55(51)41(32-19-17-30(18-20-32)29-15-13-12-14-16-29)25-34(36(47)44-42(24-31(42)10-2)38(49)45-56(52,53)33-21-22-33)46(26-41)37(48)35(40(6,7)8)43-39(50)54-28(5)27(3)4/h10,12-19,27-28,31-35H,2,9,11,20-26H2,1,3-8H3,(H,43,50)(H,44,47)(H,45,49)/t28?,31-,32?,34+,35-,41+,42-,55?/m1/s1. The largest absolute Gasteiger partial charge is 0.446 e. The molecule has 2 saturated carbocycles. The lowest BCUT2D eigenvalue weighted by molar-refractivity contribution is -0.142. The number of carbonyl (C=O) groups excluding carboxylic acids is 4. The number of ether oxygens (including phenoxy) is 1. The van der Waals surface area contributed by atoms with E-state index in [1.54, 1.807) is 27.7 Å². The fourth-order valence-electron chi connectivity index (χ4n) is 7.59. The summed E-state index contributed by atoms with van der Waals surface area (Å²) in [6.07, 6.45) is 9.49. The summed E-state index contributed by atoms with van der Waals surface area (Å²) in [7, 11) is -5.44. The number of hydrogen-bond donors (Lipinski definition) is 3. The Morgan fingerprint density at radius 2 is 1.77 bits per heavy atom. The van der Waals surface area contributed by atoms with E-state index in [2.05, 4.69) is 28.0 Å². The molecule has 3 fully saturated rings. The van der Waals surface area contributed by atoms with Crippen LogP contribution in [0.4, 0.5) is 4.79 Å². The van der Waals surface area contributed by atoms with Gasteiger partial charge < -0.3 is 20.3 Å². The Hall–Kier alpha value is -3.78. The van der Waals surface area contributed by atoms with Gasteiger partial charge in [0.15, 0.2) is 0 Å². The maximum Gasteiger partial charge on any atom is 0.408 e. The van der Waals surface area contributed by atoms with Gasteiger partial charge in [-0.05, 0) is 73.8 Å². The van der Waals surface area contributed by atoms with Gasteiger partial charge in [0.2, 0.25) is 21.8 Å². The summed E-state index contributed by atoms with van der Waals surface area (Å²) in [5.41, 5.74) is -0.374. The Bertz CT molecular complexity index is 1870. The van der Waals surface area contributed by atoms with Crippen LogP contribution < -0.4 is 15.4 Å². The molecule has 3 unspecified atom stereocenters. The lowest BCUT2D eigenvalue weighted by Crippen LogP contribution is -2.60. The Labute approximate surface area is 335 Å². The summed E-state index contributed by atoms with van der Waals surface area (Å²) in [6.45, 7) is 16.8. The molecule has 14 heteroatoms. The van der Waals surface area contributed by atoms with Crippen LogP contribution in [0.5, 0.6) is 0 Å². The van der Waals surface area contributed by atoms with Crippen molar-refractivity contribution in [3.63, 3.8) is 0 Å². The SMILES string of the molecule is C=C[C@@H]1C[C@]1(NC(=O)[C@@H]1C[C@](C2C=CC(c3ccccc3)=CC2)(S(=O)CCCC)CN1C(=O)[C@@H](NC(=O)OC(C)C(C)C)C(C)(C)C)C(=O)NS(=O)(=O)C1CC1. The number of likely N-dealkylation sites (tertiary alicyclic amines) is 1. The molecule has 56 heavy (non-hydrogen) atoms. The number of benzene rings is 1. The molecule has 3 aliphatic carbocycles. The van der Waals surface area contributed by atoms with Crippen molar-refractivity contribution in [2.24, 2.45) is 23.2 Å². The van der Waals surface area contributed by atoms with Gasteiger partial charge in [-0.25, -0.2) is 13.2 Å². The van der Waals surface area contributed by atoms with E-state index in [1.807, 2.05) is 63.3 Å². The number of nitrogens with zero attached hydrogens (tertiary/aromatic N) is 1.